The van der Waals surface area contributed by atoms with Crippen LogP contribution in [0.5, 0.6) is 0 Å². The Bertz CT molecular complexity index is 287. The second kappa shape index (κ2) is 4.61. The maximum Gasteiger partial charge on any atom is 0.158 e. The summed E-state index contributed by atoms with van der Waals surface area (Å²) in [6, 6.07) is 10.0. The van der Waals surface area contributed by atoms with Crippen molar-refractivity contribution in [2.24, 2.45) is 5.92 Å². The van der Waals surface area contributed by atoms with Gasteiger partial charge < -0.3 is 0 Å². The summed E-state index contributed by atoms with van der Waals surface area (Å²) in [5.41, 5.74) is 1.20. The Morgan fingerprint density at radius 2 is 2.08 bits per heavy atom. The fraction of sp³-hybridized carbons (Fsp3) is 0.250. The van der Waals surface area contributed by atoms with E-state index in [2.05, 4.69) is 6.58 Å². The van der Waals surface area contributed by atoms with Crippen LogP contribution in [0.3, 0.4) is 0 Å². The fourth-order valence-electron chi connectivity index (χ4n) is 1.27. The first-order valence-corrected chi connectivity index (χ1v) is 4.44. The summed E-state index contributed by atoms with van der Waals surface area (Å²) in [5, 5.41) is 0. The molecule has 0 bridgehead atoms. The molecule has 1 unspecified atom stereocenters. The molecule has 1 atom stereocenters. The van der Waals surface area contributed by atoms with Gasteiger partial charge in [0.1, 0.15) is 0 Å². The molecule has 1 aromatic carbocycles. The Morgan fingerprint density at radius 3 is 2.62 bits per heavy atom. The number of carbonyl (C=O) groups excluding carboxylic acids is 1. The highest BCUT2D eigenvalue weighted by Crippen LogP contribution is 2.09. The quantitative estimate of drug-likeness (QED) is 0.641. The van der Waals surface area contributed by atoms with Gasteiger partial charge >= 0.3 is 0 Å². The molecule has 0 radical (unpaired) electrons. The standard InChI is InChI=1S/C12H14O/c1-3-12(13)10(2)9-11-7-5-4-6-8-11/h3-8,10H,1,9H2,2H3. The molecule has 0 aliphatic rings. The van der Waals surface area contributed by atoms with E-state index in [1.165, 1.54) is 11.6 Å². The molecule has 0 heterocycles. The minimum Gasteiger partial charge on any atom is -0.295 e. The van der Waals surface area contributed by atoms with Gasteiger partial charge in [-0.1, -0.05) is 43.8 Å². The van der Waals surface area contributed by atoms with Crippen molar-refractivity contribution in [3.8, 4) is 0 Å². The monoisotopic (exact) mass is 174 g/mol. The first-order chi connectivity index (χ1) is 6.24. The molecule has 0 fully saturated rings. The van der Waals surface area contributed by atoms with E-state index < -0.39 is 0 Å². The molecule has 0 saturated heterocycles. The zero-order valence-electron chi connectivity index (χ0n) is 7.86. The Kier molecular flexibility index (Phi) is 3.44. The molecule has 1 nitrogen and oxygen atoms in total. The third-order valence-corrected chi connectivity index (χ3v) is 2.07. The van der Waals surface area contributed by atoms with Crippen molar-refractivity contribution in [1.29, 1.82) is 0 Å². The van der Waals surface area contributed by atoms with Gasteiger partial charge in [0, 0.05) is 5.92 Å². The number of carbonyl (C=O) groups is 1. The molecule has 0 aliphatic carbocycles. The first-order valence-electron chi connectivity index (χ1n) is 4.44. The van der Waals surface area contributed by atoms with E-state index in [4.69, 9.17) is 0 Å². The molecule has 0 spiro atoms. The lowest BCUT2D eigenvalue weighted by Gasteiger charge is -2.06. The van der Waals surface area contributed by atoms with Gasteiger partial charge in [-0.25, -0.2) is 0 Å². The maximum atomic E-state index is 11.2. The zero-order chi connectivity index (χ0) is 9.68. The average Bonchev–Trinajstić information content (AvgIpc) is 2.18. The molecule has 1 aromatic rings. The first kappa shape index (κ1) is 9.72. The Hall–Kier alpha value is -1.37. The molecule has 1 heteroatoms. The summed E-state index contributed by atoms with van der Waals surface area (Å²) >= 11 is 0. The lowest BCUT2D eigenvalue weighted by atomic mass is 9.97. The van der Waals surface area contributed by atoms with Gasteiger partial charge in [0.2, 0.25) is 0 Å². The number of benzene rings is 1. The van der Waals surface area contributed by atoms with Gasteiger partial charge in [0.25, 0.3) is 0 Å². The third kappa shape index (κ3) is 2.86. The van der Waals surface area contributed by atoms with Crippen molar-refractivity contribution in [2.45, 2.75) is 13.3 Å². The van der Waals surface area contributed by atoms with Crippen LogP contribution in [0.2, 0.25) is 0 Å². The van der Waals surface area contributed by atoms with Gasteiger partial charge in [-0.3, -0.25) is 4.79 Å². The van der Waals surface area contributed by atoms with Crippen LogP contribution < -0.4 is 0 Å². The second-order valence-corrected chi connectivity index (χ2v) is 3.20. The van der Waals surface area contributed by atoms with E-state index in [-0.39, 0.29) is 11.7 Å². The number of hydrogen-bond acceptors (Lipinski definition) is 1. The summed E-state index contributed by atoms with van der Waals surface area (Å²) in [6.07, 6.45) is 2.19. The predicted molar refractivity (Wildman–Crippen MR) is 54.5 cm³/mol. The van der Waals surface area contributed by atoms with Crippen LogP contribution in [0.4, 0.5) is 0 Å². The molecular weight excluding hydrogens is 160 g/mol. The Morgan fingerprint density at radius 1 is 1.46 bits per heavy atom. The van der Waals surface area contributed by atoms with Gasteiger partial charge in [-0.05, 0) is 18.1 Å². The van der Waals surface area contributed by atoms with Crippen molar-refractivity contribution in [2.75, 3.05) is 0 Å². The van der Waals surface area contributed by atoms with Crippen molar-refractivity contribution in [3.05, 3.63) is 48.6 Å². The number of allylic oxidation sites excluding steroid dienone is 1. The number of hydrogen-bond donors (Lipinski definition) is 0. The summed E-state index contributed by atoms with van der Waals surface area (Å²) in [6.45, 7) is 5.40. The fourth-order valence-corrected chi connectivity index (χ4v) is 1.27. The van der Waals surface area contributed by atoms with E-state index in [0.29, 0.717) is 0 Å². The highest BCUT2D eigenvalue weighted by Gasteiger charge is 2.09. The van der Waals surface area contributed by atoms with Crippen LogP contribution in [-0.4, -0.2) is 5.78 Å². The van der Waals surface area contributed by atoms with Gasteiger partial charge in [0.15, 0.2) is 5.78 Å². The van der Waals surface area contributed by atoms with Crippen LogP contribution in [-0.2, 0) is 11.2 Å². The maximum absolute atomic E-state index is 11.2. The van der Waals surface area contributed by atoms with Crippen molar-refractivity contribution < 1.29 is 4.79 Å². The molecule has 0 N–H and O–H groups in total. The van der Waals surface area contributed by atoms with Crippen LogP contribution >= 0.6 is 0 Å². The predicted octanol–water partition coefficient (Wildman–Crippen LogP) is 2.62. The minimum absolute atomic E-state index is 0.0416. The lowest BCUT2D eigenvalue weighted by Crippen LogP contribution is -2.10. The third-order valence-electron chi connectivity index (χ3n) is 2.07. The van der Waals surface area contributed by atoms with E-state index in [0.717, 1.165) is 6.42 Å². The van der Waals surface area contributed by atoms with E-state index in [9.17, 15) is 4.79 Å². The molecule has 1 rings (SSSR count). The van der Waals surface area contributed by atoms with E-state index in [1.807, 2.05) is 37.3 Å². The topological polar surface area (TPSA) is 17.1 Å². The number of ketones is 1. The Balaban J connectivity index is 2.60. The zero-order valence-corrected chi connectivity index (χ0v) is 7.86. The highest BCUT2D eigenvalue weighted by molar-refractivity contribution is 5.91. The molecule has 0 aromatic heterocycles. The van der Waals surface area contributed by atoms with Crippen molar-refractivity contribution in [3.63, 3.8) is 0 Å². The van der Waals surface area contributed by atoms with Crippen LogP contribution in [0.25, 0.3) is 0 Å². The van der Waals surface area contributed by atoms with Crippen LogP contribution in [0.1, 0.15) is 12.5 Å². The minimum atomic E-state index is 0.0416. The van der Waals surface area contributed by atoms with E-state index >= 15 is 0 Å². The summed E-state index contributed by atoms with van der Waals surface area (Å²) < 4.78 is 0. The van der Waals surface area contributed by atoms with Crippen molar-refractivity contribution >= 4 is 5.78 Å². The molecule has 0 saturated carbocycles. The highest BCUT2D eigenvalue weighted by atomic mass is 16.1. The molecule has 0 aliphatic heterocycles. The smallest absolute Gasteiger partial charge is 0.158 e. The molecular formula is C12H14O. The van der Waals surface area contributed by atoms with Crippen LogP contribution in [0, 0.1) is 5.92 Å². The average molecular weight is 174 g/mol. The molecule has 13 heavy (non-hydrogen) atoms. The summed E-state index contributed by atoms with van der Waals surface area (Å²) in [4.78, 5) is 11.2. The largest absolute Gasteiger partial charge is 0.295 e. The SMILES string of the molecule is C=CC(=O)C(C)Cc1ccccc1. The lowest BCUT2D eigenvalue weighted by molar-refractivity contribution is -0.117. The van der Waals surface area contributed by atoms with Gasteiger partial charge in [0.05, 0.1) is 0 Å². The summed E-state index contributed by atoms with van der Waals surface area (Å²) in [7, 11) is 0. The van der Waals surface area contributed by atoms with Gasteiger partial charge in [-0.2, -0.15) is 0 Å². The van der Waals surface area contributed by atoms with E-state index in [1.54, 1.807) is 0 Å². The Labute approximate surface area is 79.1 Å². The second-order valence-electron chi connectivity index (χ2n) is 3.20. The summed E-state index contributed by atoms with van der Waals surface area (Å²) in [5.74, 6) is 0.156. The van der Waals surface area contributed by atoms with Crippen LogP contribution in [0.15, 0.2) is 43.0 Å². The molecule has 68 valence electrons. The van der Waals surface area contributed by atoms with Gasteiger partial charge in [-0.15, -0.1) is 0 Å². The number of rotatable bonds is 4. The molecule has 0 amide bonds. The normalized spacial score (nSPS) is 12.1. The van der Waals surface area contributed by atoms with Crippen molar-refractivity contribution in [1.82, 2.24) is 0 Å².